The van der Waals surface area contributed by atoms with E-state index in [-0.39, 0.29) is 5.69 Å². The third kappa shape index (κ3) is 1.53. The normalized spacial score (nSPS) is 26.6. The maximum absolute atomic E-state index is 13.5. The van der Waals surface area contributed by atoms with Gasteiger partial charge in [-0.2, -0.15) is 0 Å². The van der Waals surface area contributed by atoms with Crippen molar-refractivity contribution >= 4 is 12.1 Å². The van der Waals surface area contributed by atoms with Crippen molar-refractivity contribution in [3.63, 3.8) is 0 Å². The van der Waals surface area contributed by atoms with Crippen LogP contribution >= 0.6 is 0 Å². The third-order valence-corrected chi connectivity index (χ3v) is 3.56. The molecule has 5 heteroatoms. The summed E-state index contributed by atoms with van der Waals surface area (Å²) in [6.07, 6.45) is 1.28. The lowest BCUT2D eigenvalue weighted by atomic mass is 10.1. The second-order valence-electron chi connectivity index (χ2n) is 4.73. The fourth-order valence-corrected chi connectivity index (χ4v) is 2.81. The van der Waals surface area contributed by atoms with Crippen LogP contribution in [-0.2, 0) is 6.42 Å². The molecule has 90 valence electrons. The van der Waals surface area contributed by atoms with Gasteiger partial charge >= 0.3 is 0 Å². The molecule has 0 aromatic carbocycles. The molecule has 0 spiro atoms. The molecule has 3 heterocycles. The first-order chi connectivity index (χ1) is 8.20. The largest absolute Gasteiger partial charge is 0.348 e. The number of nitrogens with zero attached hydrogens (tertiary/aromatic N) is 2. The predicted molar refractivity (Wildman–Crippen MR) is 61.9 cm³/mol. The van der Waals surface area contributed by atoms with Gasteiger partial charge in [0, 0.05) is 25.2 Å². The molecule has 1 aromatic rings. The predicted octanol–water partition coefficient (Wildman–Crippen LogP) is 0.756. The molecule has 2 atom stereocenters. The van der Waals surface area contributed by atoms with Crippen molar-refractivity contribution in [1.82, 2.24) is 10.3 Å². The lowest BCUT2D eigenvalue weighted by molar-refractivity contribution is 0.111. The molecule has 2 aliphatic rings. The summed E-state index contributed by atoms with van der Waals surface area (Å²) in [4.78, 5) is 17.1. The van der Waals surface area contributed by atoms with E-state index in [0.29, 0.717) is 18.4 Å². The molecular weight excluding hydrogens is 221 g/mol. The summed E-state index contributed by atoms with van der Waals surface area (Å²) >= 11 is 0. The number of hydrogen-bond acceptors (Lipinski definition) is 4. The van der Waals surface area contributed by atoms with E-state index >= 15 is 0 Å². The van der Waals surface area contributed by atoms with Gasteiger partial charge in [0.1, 0.15) is 11.5 Å². The molecule has 1 fully saturated rings. The van der Waals surface area contributed by atoms with E-state index in [2.05, 4.69) is 22.1 Å². The first-order valence-corrected chi connectivity index (χ1v) is 5.84. The molecule has 1 N–H and O–H groups in total. The Bertz CT molecular complexity index is 477. The van der Waals surface area contributed by atoms with Gasteiger partial charge in [0.05, 0.1) is 0 Å². The highest BCUT2D eigenvalue weighted by Crippen LogP contribution is 2.34. The lowest BCUT2D eigenvalue weighted by Crippen LogP contribution is -2.55. The van der Waals surface area contributed by atoms with E-state index < -0.39 is 5.82 Å². The summed E-state index contributed by atoms with van der Waals surface area (Å²) in [5.41, 5.74) is 0.823. The van der Waals surface area contributed by atoms with Crippen LogP contribution in [0.25, 0.3) is 0 Å². The highest BCUT2D eigenvalue weighted by molar-refractivity contribution is 5.74. The fourth-order valence-electron chi connectivity index (χ4n) is 2.81. The highest BCUT2D eigenvalue weighted by atomic mass is 19.1. The third-order valence-electron chi connectivity index (χ3n) is 3.56. The average molecular weight is 235 g/mol. The second-order valence-corrected chi connectivity index (χ2v) is 4.73. The van der Waals surface area contributed by atoms with Crippen LogP contribution in [0.3, 0.4) is 0 Å². The number of pyridine rings is 1. The Labute approximate surface area is 98.8 Å². The maximum atomic E-state index is 13.5. The molecule has 0 amide bonds. The molecule has 0 aliphatic carbocycles. The van der Waals surface area contributed by atoms with Crippen LogP contribution in [-0.4, -0.2) is 36.4 Å². The number of carbonyl (C=O) groups excluding carboxylic acids is 1. The summed E-state index contributed by atoms with van der Waals surface area (Å²) < 4.78 is 13.5. The highest BCUT2D eigenvalue weighted by Gasteiger charge is 2.36. The molecule has 1 aromatic heterocycles. The molecule has 2 aliphatic heterocycles. The summed E-state index contributed by atoms with van der Waals surface area (Å²) in [5.74, 6) is 0.270. The maximum Gasteiger partial charge on any atom is 0.171 e. The van der Waals surface area contributed by atoms with Crippen molar-refractivity contribution < 1.29 is 9.18 Å². The van der Waals surface area contributed by atoms with Gasteiger partial charge in [-0.25, -0.2) is 9.37 Å². The molecule has 0 bridgehead atoms. The van der Waals surface area contributed by atoms with Crippen molar-refractivity contribution in [2.24, 2.45) is 0 Å². The summed E-state index contributed by atoms with van der Waals surface area (Å²) in [5, 5.41) is 3.35. The molecule has 1 saturated heterocycles. The SMILES string of the molecule is C[C@@H]1CNC[C@H]2Cc3cc(F)c(C=O)nc3N21. The minimum absolute atomic E-state index is 0.0878. The van der Waals surface area contributed by atoms with Gasteiger partial charge in [-0.3, -0.25) is 4.79 Å². The zero-order valence-corrected chi connectivity index (χ0v) is 9.61. The van der Waals surface area contributed by atoms with Crippen LogP contribution in [0.15, 0.2) is 6.07 Å². The molecule has 0 unspecified atom stereocenters. The Kier molecular flexibility index (Phi) is 2.36. The molecule has 0 saturated carbocycles. The molecule has 3 rings (SSSR count). The van der Waals surface area contributed by atoms with E-state index in [1.807, 2.05) is 0 Å². The number of anilines is 1. The molecule has 17 heavy (non-hydrogen) atoms. The molecule has 0 radical (unpaired) electrons. The number of hydrogen-bond donors (Lipinski definition) is 1. The van der Waals surface area contributed by atoms with E-state index in [0.717, 1.165) is 30.9 Å². The van der Waals surface area contributed by atoms with Crippen LogP contribution < -0.4 is 10.2 Å². The summed E-state index contributed by atoms with van der Waals surface area (Å²) in [6.45, 7) is 3.89. The van der Waals surface area contributed by atoms with Crippen molar-refractivity contribution in [3.05, 3.63) is 23.1 Å². The Hall–Kier alpha value is -1.49. The zero-order chi connectivity index (χ0) is 12.0. The number of carbonyl (C=O) groups is 1. The van der Waals surface area contributed by atoms with Crippen LogP contribution in [0.5, 0.6) is 0 Å². The minimum atomic E-state index is -0.515. The van der Waals surface area contributed by atoms with Gasteiger partial charge in [-0.05, 0) is 25.0 Å². The van der Waals surface area contributed by atoms with Crippen LogP contribution in [0, 0.1) is 5.82 Å². The quantitative estimate of drug-likeness (QED) is 0.730. The standard InChI is InChI=1S/C12H14FN3O/c1-7-4-14-5-9-2-8-3-10(13)11(6-17)15-12(8)16(7)9/h3,6-7,9,14H,2,4-5H2,1H3/t7-,9-/m1/s1. The number of aldehydes is 1. The number of fused-ring (bicyclic) bond motifs is 3. The lowest BCUT2D eigenvalue weighted by Gasteiger charge is -2.37. The monoisotopic (exact) mass is 235 g/mol. The fraction of sp³-hybridized carbons (Fsp3) is 0.500. The van der Waals surface area contributed by atoms with Gasteiger partial charge in [-0.1, -0.05) is 0 Å². The van der Waals surface area contributed by atoms with Gasteiger partial charge in [0.15, 0.2) is 12.1 Å². The minimum Gasteiger partial charge on any atom is -0.348 e. The van der Waals surface area contributed by atoms with Crippen LogP contribution in [0.2, 0.25) is 0 Å². The summed E-state index contributed by atoms with van der Waals surface area (Å²) in [7, 11) is 0. The Morgan fingerprint density at radius 3 is 3.18 bits per heavy atom. The van der Waals surface area contributed by atoms with Crippen LogP contribution in [0.1, 0.15) is 23.0 Å². The second kappa shape index (κ2) is 3.77. The zero-order valence-electron chi connectivity index (χ0n) is 9.61. The van der Waals surface area contributed by atoms with Gasteiger partial charge < -0.3 is 10.2 Å². The van der Waals surface area contributed by atoms with E-state index in [9.17, 15) is 9.18 Å². The number of nitrogens with one attached hydrogen (secondary N) is 1. The molecule has 4 nitrogen and oxygen atoms in total. The Morgan fingerprint density at radius 2 is 2.41 bits per heavy atom. The first kappa shape index (κ1) is 10.7. The number of piperazine rings is 1. The smallest absolute Gasteiger partial charge is 0.171 e. The van der Waals surface area contributed by atoms with Crippen molar-refractivity contribution in [3.8, 4) is 0 Å². The van der Waals surface area contributed by atoms with Crippen molar-refractivity contribution in [1.29, 1.82) is 0 Å². The van der Waals surface area contributed by atoms with Gasteiger partial charge in [-0.15, -0.1) is 0 Å². The van der Waals surface area contributed by atoms with Crippen LogP contribution in [0.4, 0.5) is 10.2 Å². The Morgan fingerprint density at radius 1 is 1.59 bits per heavy atom. The van der Waals surface area contributed by atoms with Gasteiger partial charge in [0.2, 0.25) is 0 Å². The van der Waals surface area contributed by atoms with E-state index in [1.54, 1.807) is 0 Å². The van der Waals surface area contributed by atoms with Crippen molar-refractivity contribution in [2.75, 3.05) is 18.0 Å². The van der Waals surface area contributed by atoms with Crippen molar-refractivity contribution in [2.45, 2.75) is 25.4 Å². The average Bonchev–Trinajstić information content (AvgIpc) is 2.66. The Balaban J connectivity index is 2.08. The number of rotatable bonds is 1. The first-order valence-electron chi connectivity index (χ1n) is 5.84. The topological polar surface area (TPSA) is 45.2 Å². The van der Waals surface area contributed by atoms with E-state index in [1.165, 1.54) is 6.07 Å². The number of halogens is 1. The van der Waals surface area contributed by atoms with Gasteiger partial charge in [0.25, 0.3) is 0 Å². The number of aromatic nitrogens is 1. The van der Waals surface area contributed by atoms with E-state index in [4.69, 9.17) is 0 Å². The summed E-state index contributed by atoms with van der Waals surface area (Å²) in [6, 6.07) is 2.12. The molecular formula is C12H14FN3O.